The number of nitrogens with zero attached hydrogens (tertiary/aromatic N) is 5. The molecule has 0 bridgehead atoms. The molecule has 8 heteroatoms. The number of hydrogen-bond acceptors (Lipinski definition) is 5. The summed E-state index contributed by atoms with van der Waals surface area (Å²) in [6.07, 6.45) is 4.99. The minimum atomic E-state index is -2.97. The van der Waals surface area contributed by atoms with Crippen LogP contribution in [0.5, 0.6) is 5.75 Å². The largest absolute Gasteiger partial charge is 0.488 e. The first-order valence-electron chi connectivity index (χ1n) is 12.0. The van der Waals surface area contributed by atoms with Crippen LogP contribution >= 0.6 is 0 Å². The molecular formula is C28H29F2N5O. The maximum absolute atomic E-state index is 13.7. The third-order valence-electron chi connectivity index (χ3n) is 6.38. The summed E-state index contributed by atoms with van der Waals surface area (Å²) in [4.78, 5) is 15.7. The Bertz CT molecular complexity index is 1380. The predicted octanol–water partition coefficient (Wildman–Crippen LogP) is 6.18. The van der Waals surface area contributed by atoms with Crippen molar-refractivity contribution >= 4 is 5.69 Å². The zero-order chi connectivity index (χ0) is 25.4. The van der Waals surface area contributed by atoms with Crippen molar-refractivity contribution in [2.45, 2.75) is 39.2 Å². The molecule has 0 spiro atoms. The van der Waals surface area contributed by atoms with Crippen LogP contribution < -0.4 is 9.64 Å². The number of imidazole rings is 1. The monoisotopic (exact) mass is 489 g/mol. The van der Waals surface area contributed by atoms with Crippen molar-refractivity contribution in [3.8, 4) is 28.4 Å². The highest BCUT2D eigenvalue weighted by Gasteiger charge is 2.29. The number of pyridine rings is 2. The van der Waals surface area contributed by atoms with Crippen molar-refractivity contribution in [1.29, 1.82) is 0 Å². The summed E-state index contributed by atoms with van der Waals surface area (Å²) in [5, 5.41) is 0. The molecule has 186 valence electrons. The molecule has 0 aliphatic carbocycles. The summed E-state index contributed by atoms with van der Waals surface area (Å²) >= 11 is 0. The Morgan fingerprint density at radius 1 is 1.11 bits per heavy atom. The van der Waals surface area contributed by atoms with Gasteiger partial charge in [0, 0.05) is 44.0 Å². The van der Waals surface area contributed by atoms with Crippen LogP contribution in [0.1, 0.15) is 43.6 Å². The molecule has 0 fully saturated rings. The molecule has 0 saturated heterocycles. The normalized spacial score (nSPS) is 13.6. The minimum absolute atomic E-state index is 0.229. The van der Waals surface area contributed by atoms with Crippen molar-refractivity contribution in [3.63, 3.8) is 0 Å². The average Bonchev–Trinajstić information content (AvgIpc) is 3.26. The third kappa shape index (κ3) is 4.67. The van der Waals surface area contributed by atoms with E-state index in [0.29, 0.717) is 19.0 Å². The Hall–Kier alpha value is -3.81. The van der Waals surface area contributed by atoms with Crippen molar-refractivity contribution < 1.29 is 13.5 Å². The fourth-order valence-corrected chi connectivity index (χ4v) is 4.51. The Morgan fingerprint density at radius 2 is 1.89 bits per heavy atom. The second kappa shape index (κ2) is 9.33. The van der Waals surface area contributed by atoms with E-state index in [2.05, 4.69) is 45.8 Å². The lowest BCUT2D eigenvalue weighted by Crippen LogP contribution is -2.32. The number of benzene rings is 1. The highest BCUT2D eigenvalue weighted by atomic mass is 19.3. The van der Waals surface area contributed by atoms with Crippen LogP contribution in [0.15, 0.2) is 61.1 Å². The van der Waals surface area contributed by atoms with Crippen molar-refractivity contribution in [2.75, 3.05) is 18.1 Å². The fourth-order valence-electron chi connectivity index (χ4n) is 4.51. The Kier molecular flexibility index (Phi) is 6.20. The quantitative estimate of drug-likeness (QED) is 0.324. The molecule has 0 amide bonds. The topological polar surface area (TPSA) is 56.1 Å². The number of anilines is 1. The van der Waals surface area contributed by atoms with E-state index in [-0.39, 0.29) is 11.6 Å². The van der Waals surface area contributed by atoms with Crippen LogP contribution in [-0.2, 0) is 19.5 Å². The summed E-state index contributed by atoms with van der Waals surface area (Å²) in [6, 6.07) is 14.0. The molecule has 0 atom stereocenters. The Morgan fingerprint density at radius 3 is 2.58 bits per heavy atom. The number of rotatable bonds is 6. The van der Waals surface area contributed by atoms with Crippen molar-refractivity contribution in [2.24, 2.45) is 7.05 Å². The van der Waals surface area contributed by atoms with E-state index in [1.807, 2.05) is 36.5 Å². The lowest BCUT2D eigenvalue weighted by molar-refractivity contribution is 0.0131. The maximum atomic E-state index is 13.7. The highest BCUT2D eigenvalue weighted by molar-refractivity contribution is 5.71. The van der Waals surface area contributed by atoms with Gasteiger partial charge in [-0.2, -0.15) is 8.78 Å². The molecular weight excluding hydrogens is 460 g/mol. The number of fused-ring (bicyclic) bond motifs is 1. The molecule has 3 aromatic heterocycles. The van der Waals surface area contributed by atoms with Gasteiger partial charge in [0.1, 0.15) is 18.1 Å². The third-order valence-corrected chi connectivity index (χ3v) is 6.38. The summed E-state index contributed by atoms with van der Waals surface area (Å²) < 4.78 is 34.9. The van der Waals surface area contributed by atoms with E-state index < -0.39 is 5.92 Å². The molecule has 4 heterocycles. The zero-order valence-corrected chi connectivity index (χ0v) is 20.9. The Balaban J connectivity index is 1.41. The van der Waals surface area contributed by atoms with Gasteiger partial charge in [-0.1, -0.05) is 38.1 Å². The summed E-state index contributed by atoms with van der Waals surface area (Å²) in [5.41, 5.74) is 5.57. The lowest BCUT2D eigenvalue weighted by Gasteiger charge is -2.31. The predicted molar refractivity (Wildman–Crippen MR) is 136 cm³/mol. The highest BCUT2D eigenvalue weighted by Crippen LogP contribution is 2.37. The smallest absolute Gasteiger partial charge is 0.288 e. The molecule has 1 aliphatic heterocycles. The van der Waals surface area contributed by atoms with Gasteiger partial charge in [-0.05, 0) is 29.7 Å². The van der Waals surface area contributed by atoms with Crippen LogP contribution in [0.2, 0.25) is 0 Å². The maximum Gasteiger partial charge on any atom is 0.288 e. The van der Waals surface area contributed by atoms with Crippen molar-refractivity contribution in [1.82, 2.24) is 19.5 Å². The SMILES string of the molecule is CC(C)c1ncccc1-c1cc2c(cn1)OCCN2Cc1ccc(-c2nc(C(C)(F)F)cn2C)cc1. The van der Waals surface area contributed by atoms with Crippen molar-refractivity contribution in [3.05, 3.63) is 78.0 Å². The molecule has 0 radical (unpaired) electrons. The molecule has 0 saturated carbocycles. The van der Waals surface area contributed by atoms with Crippen LogP contribution in [0.25, 0.3) is 22.6 Å². The van der Waals surface area contributed by atoms with Gasteiger partial charge >= 0.3 is 0 Å². The number of ether oxygens (including phenoxy) is 1. The first-order chi connectivity index (χ1) is 17.2. The van der Waals surface area contributed by atoms with Crippen LogP contribution in [0, 0.1) is 0 Å². The molecule has 36 heavy (non-hydrogen) atoms. The van der Waals surface area contributed by atoms with Gasteiger partial charge in [-0.15, -0.1) is 0 Å². The molecule has 5 rings (SSSR count). The minimum Gasteiger partial charge on any atom is -0.488 e. The molecule has 4 aromatic rings. The number of aryl methyl sites for hydroxylation is 1. The Labute approximate surface area is 209 Å². The number of aromatic nitrogens is 4. The van der Waals surface area contributed by atoms with E-state index in [0.717, 1.165) is 53.0 Å². The van der Waals surface area contributed by atoms with E-state index in [1.165, 1.54) is 6.20 Å². The summed E-state index contributed by atoms with van der Waals surface area (Å²) in [7, 11) is 1.73. The first-order valence-corrected chi connectivity index (χ1v) is 12.0. The lowest BCUT2D eigenvalue weighted by atomic mass is 10.0. The standard InChI is InChI=1S/C28H29F2N5O/c1-18(2)26-21(6-5-11-31-26)22-14-23-24(15-32-22)36-13-12-35(23)16-19-7-9-20(10-8-19)27-33-25(17-34(27)4)28(3,29)30/h5-11,14-15,17-18H,12-13,16H2,1-4H3. The summed E-state index contributed by atoms with van der Waals surface area (Å²) in [5.74, 6) is -1.41. The first kappa shape index (κ1) is 23.9. The molecule has 0 N–H and O–H groups in total. The average molecular weight is 490 g/mol. The van der Waals surface area contributed by atoms with Gasteiger partial charge in [0.25, 0.3) is 5.92 Å². The van der Waals surface area contributed by atoms with Crippen LogP contribution in [-0.4, -0.2) is 32.7 Å². The van der Waals surface area contributed by atoms with E-state index in [9.17, 15) is 8.78 Å². The second-order valence-electron chi connectivity index (χ2n) is 9.54. The fraction of sp³-hybridized carbons (Fsp3) is 0.321. The van der Waals surface area contributed by atoms with Gasteiger partial charge in [-0.25, -0.2) is 4.98 Å². The van der Waals surface area contributed by atoms with Gasteiger partial charge in [-0.3, -0.25) is 9.97 Å². The molecule has 6 nitrogen and oxygen atoms in total. The number of hydrogen-bond donors (Lipinski definition) is 0. The van der Waals surface area contributed by atoms with E-state index >= 15 is 0 Å². The van der Waals surface area contributed by atoms with E-state index in [4.69, 9.17) is 4.74 Å². The van der Waals surface area contributed by atoms with Gasteiger partial charge < -0.3 is 14.2 Å². The van der Waals surface area contributed by atoms with Crippen LogP contribution in [0.3, 0.4) is 0 Å². The van der Waals surface area contributed by atoms with Gasteiger partial charge in [0.05, 0.1) is 29.8 Å². The molecule has 1 aromatic carbocycles. The number of alkyl halides is 2. The summed E-state index contributed by atoms with van der Waals surface area (Å²) in [6.45, 7) is 7.13. The molecule has 1 aliphatic rings. The zero-order valence-electron chi connectivity index (χ0n) is 20.9. The number of halogens is 2. The van der Waals surface area contributed by atoms with Gasteiger partial charge in [0.2, 0.25) is 0 Å². The van der Waals surface area contributed by atoms with Gasteiger partial charge in [0.15, 0.2) is 5.75 Å². The van der Waals surface area contributed by atoms with E-state index in [1.54, 1.807) is 17.8 Å². The van der Waals surface area contributed by atoms with Crippen LogP contribution in [0.4, 0.5) is 14.5 Å². The molecule has 0 unspecified atom stereocenters. The second-order valence-corrected chi connectivity index (χ2v) is 9.54.